The minimum Gasteiger partial charge on any atom is -0.462 e. The van der Waals surface area contributed by atoms with Crippen LogP contribution in [0.2, 0.25) is 0 Å². The molecule has 1 aliphatic rings. The SMILES string of the molecule is CCC1CCC(NCc2ccc(CO)o2)CC1. The van der Waals surface area contributed by atoms with Gasteiger partial charge in [0.1, 0.15) is 18.1 Å². The molecule has 96 valence electrons. The summed E-state index contributed by atoms with van der Waals surface area (Å²) in [5, 5.41) is 12.5. The third kappa shape index (κ3) is 3.58. The van der Waals surface area contributed by atoms with Crippen molar-refractivity contribution in [2.24, 2.45) is 5.92 Å². The van der Waals surface area contributed by atoms with Crippen LogP contribution in [0, 0.1) is 5.92 Å². The summed E-state index contributed by atoms with van der Waals surface area (Å²) in [5.41, 5.74) is 0. The van der Waals surface area contributed by atoms with Gasteiger partial charge in [-0.1, -0.05) is 13.3 Å². The van der Waals surface area contributed by atoms with E-state index in [1.165, 1.54) is 32.1 Å². The second kappa shape index (κ2) is 6.22. The number of furan rings is 1. The lowest BCUT2D eigenvalue weighted by Crippen LogP contribution is -2.32. The monoisotopic (exact) mass is 237 g/mol. The zero-order valence-electron chi connectivity index (χ0n) is 10.6. The Morgan fingerprint density at radius 3 is 2.53 bits per heavy atom. The summed E-state index contributed by atoms with van der Waals surface area (Å²) in [5.74, 6) is 2.51. The van der Waals surface area contributed by atoms with Gasteiger partial charge in [-0.2, -0.15) is 0 Å². The number of aliphatic hydroxyl groups excluding tert-OH is 1. The van der Waals surface area contributed by atoms with Crippen LogP contribution in [0.5, 0.6) is 0 Å². The number of rotatable bonds is 5. The second-order valence-electron chi connectivity index (χ2n) is 5.03. The van der Waals surface area contributed by atoms with Gasteiger partial charge in [-0.15, -0.1) is 0 Å². The van der Waals surface area contributed by atoms with E-state index < -0.39 is 0 Å². The van der Waals surface area contributed by atoms with E-state index in [-0.39, 0.29) is 6.61 Å². The van der Waals surface area contributed by atoms with Crippen LogP contribution in [0.1, 0.15) is 50.5 Å². The van der Waals surface area contributed by atoms with Crippen LogP contribution in [0.4, 0.5) is 0 Å². The molecule has 0 unspecified atom stereocenters. The van der Waals surface area contributed by atoms with Crippen LogP contribution in [0.25, 0.3) is 0 Å². The van der Waals surface area contributed by atoms with E-state index >= 15 is 0 Å². The van der Waals surface area contributed by atoms with Crippen molar-refractivity contribution in [1.82, 2.24) is 5.32 Å². The predicted molar refractivity (Wildman–Crippen MR) is 67.5 cm³/mol. The lowest BCUT2D eigenvalue weighted by atomic mass is 9.84. The molecule has 1 aromatic heterocycles. The van der Waals surface area contributed by atoms with Crippen LogP contribution in [-0.2, 0) is 13.2 Å². The molecule has 3 heteroatoms. The van der Waals surface area contributed by atoms with E-state index in [2.05, 4.69) is 12.2 Å². The fraction of sp³-hybridized carbons (Fsp3) is 0.714. The van der Waals surface area contributed by atoms with E-state index in [4.69, 9.17) is 9.52 Å². The molecular weight excluding hydrogens is 214 g/mol. The molecule has 0 radical (unpaired) electrons. The quantitative estimate of drug-likeness (QED) is 0.827. The number of nitrogens with one attached hydrogen (secondary N) is 1. The van der Waals surface area contributed by atoms with Crippen LogP contribution in [-0.4, -0.2) is 11.1 Å². The number of hydrogen-bond acceptors (Lipinski definition) is 3. The summed E-state index contributed by atoms with van der Waals surface area (Å²) in [6.07, 6.45) is 6.60. The standard InChI is InChI=1S/C14H23NO2/c1-2-11-3-5-12(6-4-11)15-9-13-7-8-14(10-16)17-13/h7-8,11-12,15-16H,2-6,9-10H2,1H3. The molecule has 1 saturated carbocycles. The number of aliphatic hydroxyl groups is 1. The zero-order chi connectivity index (χ0) is 12.1. The molecule has 0 atom stereocenters. The van der Waals surface area contributed by atoms with Gasteiger partial charge in [0.15, 0.2) is 0 Å². The first-order valence-corrected chi connectivity index (χ1v) is 6.73. The largest absolute Gasteiger partial charge is 0.462 e. The molecule has 0 spiro atoms. The summed E-state index contributed by atoms with van der Waals surface area (Å²) < 4.78 is 5.45. The Bertz CT molecular complexity index is 327. The fourth-order valence-corrected chi connectivity index (χ4v) is 2.62. The molecule has 0 aromatic carbocycles. The maximum atomic E-state index is 8.91. The van der Waals surface area contributed by atoms with E-state index in [9.17, 15) is 0 Å². The van der Waals surface area contributed by atoms with Crippen molar-refractivity contribution in [2.45, 2.75) is 58.2 Å². The van der Waals surface area contributed by atoms with Crippen molar-refractivity contribution in [3.63, 3.8) is 0 Å². The van der Waals surface area contributed by atoms with E-state index in [1.54, 1.807) is 0 Å². The zero-order valence-corrected chi connectivity index (χ0v) is 10.6. The van der Waals surface area contributed by atoms with Crippen molar-refractivity contribution < 1.29 is 9.52 Å². The average Bonchev–Trinajstić information content (AvgIpc) is 2.85. The first-order chi connectivity index (χ1) is 8.31. The summed E-state index contributed by atoms with van der Waals surface area (Å²) >= 11 is 0. The molecule has 0 aliphatic heterocycles. The molecule has 0 amide bonds. The fourth-order valence-electron chi connectivity index (χ4n) is 2.62. The molecule has 17 heavy (non-hydrogen) atoms. The highest BCUT2D eigenvalue weighted by Gasteiger charge is 2.19. The Hall–Kier alpha value is -0.800. The minimum absolute atomic E-state index is 0.0123. The Morgan fingerprint density at radius 2 is 1.94 bits per heavy atom. The summed E-state index contributed by atoms with van der Waals surface area (Å²) in [6.45, 7) is 3.06. The van der Waals surface area contributed by atoms with Gasteiger partial charge in [0, 0.05) is 6.04 Å². The molecule has 1 heterocycles. The first-order valence-electron chi connectivity index (χ1n) is 6.73. The molecule has 2 rings (SSSR count). The normalized spacial score (nSPS) is 25.1. The Labute approximate surface area is 103 Å². The van der Waals surface area contributed by atoms with E-state index in [1.807, 2.05) is 12.1 Å². The van der Waals surface area contributed by atoms with E-state index in [0.29, 0.717) is 11.8 Å². The highest BCUT2D eigenvalue weighted by atomic mass is 16.4. The van der Waals surface area contributed by atoms with Crippen molar-refractivity contribution in [2.75, 3.05) is 0 Å². The van der Waals surface area contributed by atoms with Crippen molar-refractivity contribution in [3.8, 4) is 0 Å². The average molecular weight is 237 g/mol. The van der Waals surface area contributed by atoms with Gasteiger partial charge in [0.05, 0.1) is 6.54 Å². The third-order valence-electron chi connectivity index (χ3n) is 3.86. The minimum atomic E-state index is -0.0123. The van der Waals surface area contributed by atoms with Gasteiger partial charge in [0.2, 0.25) is 0 Å². The first kappa shape index (κ1) is 12.7. The van der Waals surface area contributed by atoms with Crippen molar-refractivity contribution in [3.05, 3.63) is 23.7 Å². The van der Waals surface area contributed by atoms with Gasteiger partial charge < -0.3 is 14.8 Å². The molecular formula is C14H23NO2. The Morgan fingerprint density at radius 1 is 1.24 bits per heavy atom. The Kier molecular flexibility index (Phi) is 4.63. The molecule has 0 saturated heterocycles. The molecule has 1 aliphatic carbocycles. The van der Waals surface area contributed by atoms with Crippen LogP contribution in [0.15, 0.2) is 16.5 Å². The maximum Gasteiger partial charge on any atom is 0.129 e. The van der Waals surface area contributed by atoms with Crippen LogP contribution < -0.4 is 5.32 Å². The van der Waals surface area contributed by atoms with Gasteiger partial charge in [-0.25, -0.2) is 0 Å². The van der Waals surface area contributed by atoms with Crippen molar-refractivity contribution in [1.29, 1.82) is 0 Å². The highest BCUT2D eigenvalue weighted by Crippen LogP contribution is 2.26. The molecule has 2 N–H and O–H groups in total. The predicted octanol–water partition coefficient (Wildman–Crippen LogP) is 2.83. The van der Waals surface area contributed by atoms with Gasteiger partial charge in [0.25, 0.3) is 0 Å². The Balaban J connectivity index is 1.72. The smallest absolute Gasteiger partial charge is 0.129 e. The van der Waals surface area contributed by atoms with Crippen molar-refractivity contribution >= 4 is 0 Å². The van der Waals surface area contributed by atoms with E-state index in [0.717, 1.165) is 18.2 Å². The molecule has 0 bridgehead atoms. The van der Waals surface area contributed by atoms with Crippen LogP contribution in [0.3, 0.4) is 0 Å². The topological polar surface area (TPSA) is 45.4 Å². The highest BCUT2D eigenvalue weighted by molar-refractivity contribution is 5.06. The van der Waals surface area contributed by atoms with Crippen LogP contribution >= 0.6 is 0 Å². The third-order valence-corrected chi connectivity index (χ3v) is 3.86. The molecule has 1 aromatic rings. The second-order valence-corrected chi connectivity index (χ2v) is 5.03. The molecule has 3 nitrogen and oxygen atoms in total. The van der Waals surface area contributed by atoms with Gasteiger partial charge >= 0.3 is 0 Å². The number of hydrogen-bond donors (Lipinski definition) is 2. The van der Waals surface area contributed by atoms with Gasteiger partial charge in [-0.3, -0.25) is 0 Å². The summed E-state index contributed by atoms with van der Waals surface area (Å²) in [7, 11) is 0. The lowest BCUT2D eigenvalue weighted by molar-refractivity contribution is 0.239. The lowest BCUT2D eigenvalue weighted by Gasteiger charge is -2.28. The molecule has 1 fully saturated rings. The van der Waals surface area contributed by atoms with Gasteiger partial charge in [-0.05, 0) is 43.7 Å². The summed E-state index contributed by atoms with van der Waals surface area (Å²) in [4.78, 5) is 0. The summed E-state index contributed by atoms with van der Waals surface area (Å²) in [6, 6.07) is 4.42. The maximum absolute atomic E-state index is 8.91.